The van der Waals surface area contributed by atoms with Gasteiger partial charge in [-0.2, -0.15) is 0 Å². The summed E-state index contributed by atoms with van der Waals surface area (Å²) in [4.78, 5) is 34.6. The maximum atomic E-state index is 12.4. The van der Waals surface area contributed by atoms with E-state index in [0.717, 1.165) is 5.57 Å². The molecule has 0 radical (unpaired) electrons. The van der Waals surface area contributed by atoms with E-state index in [1.807, 2.05) is 37.3 Å². The van der Waals surface area contributed by atoms with Crippen molar-refractivity contribution in [3.63, 3.8) is 0 Å². The van der Waals surface area contributed by atoms with Crippen molar-refractivity contribution in [2.75, 3.05) is 5.32 Å². The second kappa shape index (κ2) is 8.63. The summed E-state index contributed by atoms with van der Waals surface area (Å²) in [5.74, 6) is -1.70. The first kappa shape index (κ1) is 18.2. The van der Waals surface area contributed by atoms with Crippen LogP contribution in [0.4, 0.5) is 5.69 Å². The van der Waals surface area contributed by atoms with E-state index in [4.69, 9.17) is 5.11 Å². The summed E-state index contributed by atoms with van der Waals surface area (Å²) < 4.78 is 0. The lowest BCUT2D eigenvalue weighted by Gasteiger charge is -2.12. The average molecular weight is 340 g/mol. The van der Waals surface area contributed by atoms with E-state index in [1.54, 1.807) is 24.3 Å². The number of carboxylic acids is 1. The first-order valence-electron chi connectivity index (χ1n) is 7.90. The second-order valence-electron chi connectivity index (χ2n) is 5.68. The van der Waals surface area contributed by atoms with Gasteiger partial charge in [-0.3, -0.25) is 14.4 Å². The molecule has 130 valence electrons. The second-order valence-corrected chi connectivity index (χ2v) is 5.68. The Bertz CT molecular complexity index is 762. The molecular weight excluding hydrogens is 320 g/mol. The zero-order valence-corrected chi connectivity index (χ0v) is 13.9. The number of hydrogen-bond donors (Lipinski definition) is 3. The lowest BCUT2D eigenvalue weighted by atomic mass is 10.1. The lowest BCUT2D eigenvalue weighted by molar-refractivity contribution is -0.138. The summed E-state index contributed by atoms with van der Waals surface area (Å²) in [6.45, 7) is 1.95. The number of hydrogen-bond acceptors (Lipinski definition) is 3. The molecule has 3 N–H and O–H groups in total. The SMILES string of the molecule is CC1=CC(NC(=O)c2cccc(NC(=O)CCC(=O)O)c2)C=CC=C1. The topological polar surface area (TPSA) is 95.5 Å². The molecule has 1 aromatic carbocycles. The summed E-state index contributed by atoms with van der Waals surface area (Å²) in [6, 6.07) is 6.31. The average Bonchev–Trinajstić information content (AvgIpc) is 2.77. The third-order valence-corrected chi connectivity index (χ3v) is 3.50. The Morgan fingerprint density at radius 3 is 2.72 bits per heavy atom. The van der Waals surface area contributed by atoms with Crippen LogP contribution in [0.25, 0.3) is 0 Å². The van der Waals surface area contributed by atoms with E-state index in [9.17, 15) is 14.4 Å². The van der Waals surface area contributed by atoms with E-state index < -0.39 is 11.9 Å². The molecule has 0 spiro atoms. The van der Waals surface area contributed by atoms with Gasteiger partial charge in [-0.05, 0) is 25.1 Å². The zero-order valence-electron chi connectivity index (χ0n) is 13.9. The van der Waals surface area contributed by atoms with Gasteiger partial charge in [-0.1, -0.05) is 42.0 Å². The van der Waals surface area contributed by atoms with Crippen LogP contribution in [0, 0.1) is 0 Å². The number of carbonyl (C=O) groups excluding carboxylic acids is 2. The highest BCUT2D eigenvalue weighted by Crippen LogP contribution is 2.12. The minimum atomic E-state index is -1.03. The Kier molecular flexibility index (Phi) is 6.28. The van der Waals surface area contributed by atoms with Gasteiger partial charge in [0.2, 0.25) is 5.91 Å². The van der Waals surface area contributed by atoms with Crippen molar-refractivity contribution in [2.24, 2.45) is 0 Å². The van der Waals surface area contributed by atoms with Gasteiger partial charge in [0.1, 0.15) is 0 Å². The standard InChI is InChI=1S/C19H20N2O4/c1-13-5-2-3-7-15(11-13)21-19(25)14-6-4-8-16(12-14)20-17(22)9-10-18(23)24/h2-8,11-12,15H,9-10H2,1H3,(H,20,22)(H,21,25)(H,23,24). The Labute approximate surface area is 145 Å². The largest absolute Gasteiger partial charge is 0.481 e. The molecule has 1 aliphatic rings. The molecule has 0 heterocycles. The van der Waals surface area contributed by atoms with E-state index >= 15 is 0 Å². The number of carbonyl (C=O) groups is 3. The number of benzene rings is 1. The van der Waals surface area contributed by atoms with Gasteiger partial charge in [0, 0.05) is 17.7 Å². The van der Waals surface area contributed by atoms with Crippen molar-refractivity contribution in [1.29, 1.82) is 0 Å². The molecule has 6 nitrogen and oxygen atoms in total. The van der Waals surface area contributed by atoms with Crippen LogP contribution in [0.15, 0.2) is 60.2 Å². The quantitative estimate of drug-likeness (QED) is 0.742. The predicted octanol–water partition coefficient (Wildman–Crippen LogP) is 2.66. The van der Waals surface area contributed by atoms with Crippen molar-refractivity contribution in [2.45, 2.75) is 25.8 Å². The van der Waals surface area contributed by atoms with Crippen LogP contribution in [-0.4, -0.2) is 28.9 Å². The molecular formula is C19H20N2O4. The van der Waals surface area contributed by atoms with Gasteiger partial charge in [-0.15, -0.1) is 0 Å². The van der Waals surface area contributed by atoms with Gasteiger partial charge in [0.25, 0.3) is 5.91 Å². The lowest BCUT2D eigenvalue weighted by Crippen LogP contribution is -2.32. The number of carboxylic acid groups (broad SMARTS) is 1. The third kappa shape index (κ3) is 6.10. The Morgan fingerprint density at radius 2 is 1.96 bits per heavy atom. The molecule has 0 saturated carbocycles. The molecule has 1 unspecified atom stereocenters. The molecule has 0 bridgehead atoms. The van der Waals surface area contributed by atoms with Crippen molar-refractivity contribution in [1.82, 2.24) is 5.32 Å². The Balaban J connectivity index is 2.00. The predicted molar refractivity (Wildman–Crippen MR) is 95.2 cm³/mol. The summed E-state index contributed by atoms with van der Waals surface area (Å²) in [6.07, 6.45) is 9.20. The Morgan fingerprint density at radius 1 is 1.16 bits per heavy atom. The first-order valence-corrected chi connectivity index (χ1v) is 7.90. The molecule has 0 aromatic heterocycles. The van der Waals surface area contributed by atoms with Crippen molar-refractivity contribution < 1.29 is 19.5 Å². The molecule has 0 fully saturated rings. The molecule has 25 heavy (non-hydrogen) atoms. The summed E-state index contributed by atoms with van der Waals surface area (Å²) in [5.41, 5.74) is 1.91. The number of allylic oxidation sites excluding steroid dienone is 4. The minimum Gasteiger partial charge on any atom is -0.481 e. The smallest absolute Gasteiger partial charge is 0.303 e. The van der Waals surface area contributed by atoms with Crippen LogP contribution >= 0.6 is 0 Å². The molecule has 6 heteroatoms. The van der Waals surface area contributed by atoms with Crippen LogP contribution in [-0.2, 0) is 9.59 Å². The molecule has 2 amide bonds. The van der Waals surface area contributed by atoms with Crippen molar-refractivity contribution in [3.8, 4) is 0 Å². The van der Waals surface area contributed by atoms with E-state index in [0.29, 0.717) is 11.3 Å². The van der Waals surface area contributed by atoms with Crippen LogP contribution in [0.3, 0.4) is 0 Å². The normalized spacial score (nSPS) is 15.9. The number of amides is 2. The molecule has 0 aliphatic heterocycles. The molecule has 1 aromatic rings. The van der Waals surface area contributed by atoms with Crippen LogP contribution in [0.2, 0.25) is 0 Å². The fourth-order valence-corrected chi connectivity index (χ4v) is 2.29. The highest BCUT2D eigenvalue weighted by molar-refractivity contribution is 5.97. The summed E-state index contributed by atoms with van der Waals surface area (Å²) in [5, 5.41) is 14.1. The summed E-state index contributed by atoms with van der Waals surface area (Å²) >= 11 is 0. The fraction of sp³-hybridized carbons (Fsp3) is 0.211. The fourth-order valence-electron chi connectivity index (χ4n) is 2.29. The zero-order chi connectivity index (χ0) is 18.2. The third-order valence-electron chi connectivity index (χ3n) is 3.50. The van der Waals surface area contributed by atoms with Crippen LogP contribution < -0.4 is 10.6 Å². The highest BCUT2D eigenvalue weighted by atomic mass is 16.4. The van der Waals surface area contributed by atoms with E-state index in [-0.39, 0.29) is 24.8 Å². The molecule has 0 saturated heterocycles. The van der Waals surface area contributed by atoms with Crippen LogP contribution in [0.5, 0.6) is 0 Å². The maximum absolute atomic E-state index is 12.4. The van der Waals surface area contributed by atoms with Gasteiger partial charge in [0.05, 0.1) is 12.5 Å². The number of aliphatic carboxylic acids is 1. The minimum absolute atomic E-state index is 0.115. The van der Waals surface area contributed by atoms with Crippen molar-refractivity contribution >= 4 is 23.5 Å². The van der Waals surface area contributed by atoms with Gasteiger partial charge in [-0.25, -0.2) is 0 Å². The maximum Gasteiger partial charge on any atom is 0.303 e. The summed E-state index contributed by atoms with van der Waals surface area (Å²) in [7, 11) is 0. The Hall–Kier alpha value is -3.15. The molecule has 1 aliphatic carbocycles. The highest BCUT2D eigenvalue weighted by Gasteiger charge is 2.12. The van der Waals surface area contributed by atoms with Crippen LogP contribution in [0.1, 0.15) is 30.1 Å². The van der Waals surface area contributed by atoms with Gasteiger partial charge < -0.3 is 15.7 Å². The molecule has 2 rings (SSSR count). The number of nitrogens with one attached hydrogen (secondary N) is 2. The van der Waals surface area contributed by atoms with Gasteiger partial charge in [0.15, 0.2) is 0 Å². The monoisotopic (exact) mass is 340 g/mol. The van der Waals surface area contributed by atoms with E-state index in [1.165, 1.54) is 0 Å². The number of anilines is 1. The first-order chi connectivity index (χ1) is 11.9. The van der Waals surface area contributed by atoms with Crippen molar-refractivity contribution in [3.05, 3.63) is 65.8 Å². The van der Waals surface area contributed by atoms with E-state index in [2.05, 4.69) is 10.6 Å². The number of rotatable bonds is 6. The molecule has 1 atom stereocenters. The van der Waals surface area contributed by atoms with Gasteiger partial charge >= 0.3 is 5.97 Å².